The molecule has 1 aromatic carbocycles. The summed E-state index contributed by atoms with van der Waals surface area (Å²) >= 11 is 0. The largest absolute Gasteiger partial charge is 0.497 e. The lowest BCUT2D eigenvalue weighted by Crippen LogP contribution is -2.40. The number of amides is 1. The minimum absolute atomic E-state index is 0.0571. The second kappa shape index (κ2) is 7.95. The van der Waals surface area contributed by atoms with Gasteiger partial charge in [-0.25, -0.2) is 0 Å². The maximum absolute atomic E-state index is 12.5. The quantitative estimate of drug-likeness (QED) is 0.844. The molecule has 1 amide bonds. The third-order valence-corrected chi connectivity index (χ3v) is 4.67. The van der Waals surface area contributed by atoms with E-state index in [2.05, 4.69) is 17.1 Å². The van der Waals surface area contributed by atoms with Crippen molar-refractivity contribution in [2.75, 3.05) is 20.2 Å². The van der Waals surface area contributed by atoms with Gasteiger partial charge >= 0.3 is 0 Å². The van der Waals surface area contributed by atoms with Crippen LogP contribution in [0.3, 0.4) is 0 Å². The van der Waals surface area contributed by atoms with Gasteiger partial charge in [-0.15, -0.1) is 0 Å². The molecule has 1 saturated heterocycles. The molecular weight excluding hydrogens is 300 g/mol. The van der Waals surface area contributed by atoms with Crippen molar-refractivity contribution >= 4 is 5.91 Å². The number of hydrogen-bond donors (Lipinski definition) is 0. The van der Waals surface area contributed by atoms with Crippen LogP contribution in [-0.4, -0.2) is 36.0 Å². The summed E-state index contributed by atoms with van der Waals surface area (Å²) in [6.07, 6.45) is 6.06. The van der Waals surface area contributed by atoms with E-state index in [0.29, 0.717) is 11.6 Å². The smallest absolute Gasteiger partial charge is 0.272 e. The maximum atomic E-state index is 12.5. The van der Waals surface area contributed by atoms with Gasteiger partial charge in [-0.2, -0.15) is 0 Å². The Bertz CT molecular complexity index is 672. The van der Waals surface area contributed by atoms with E-state index in [1.165, 1.54) is 12.0 Å². The van der Waals surface area contributed by atoms with Gasteiger partial charge < -0.3 is 9.64 Å². The Kier molecular flexibility index (Phi) is 5.47. The van der Waals surface area contributed by atoms with Gasteiger partial charge in [0, 0.05) is 19.3 Å². The summed E-state index contributed by atoms with van der Waals surface area (Å²) in [6, 6.07) is 13.7. The lowest BCUT2D eigenvalue weighted by molar-refractivity contribution is 0.0662. The zero-order valence-electron chi connectivity index (χ0n) is 14.1. The molecule has 1 aliphatic rings. The first-order valence-corrected chi connectivity index (χ1v) is 8.59. The third-order valence-electron chi connectivity index (χ3n) is 4.67. The van der Waals surface area contributed by atoms with Gasteiger partial charge in [0.25, 0.3) is 5.91 Å². The Balaban J connectivity index is 1.56. The van der Waals surface area contributed by atoms with E-state index in [1.807, 2.05) is 29.2 Å². The molecule has 4 heteroatoms. The summed E-state index contributed by atoms with van der Waals surface area (Å²) in [6.45, 7) is 1.67. The molecule has 126 valence electrons. The topological polar surface area (TPSA) is 42.4 Å². The zero-order valence-corrected chi connectivity index (χ0v) is 14.1. The second-order valence-electron chi connectivity index (χ2n) is 6.36. The normalized spacial score (nSPS) is 17.5. The number of methoxy groups -OCH3 is 1. The van der Waals surface area contributed by atoms with Gasteiger partial charge in [0.2, 0.25) is 0 Å². The number of carbonyl (C=O) groups is 1. The maximum Gasteiger partial charge on any atom is 0.272 e. The van der Waals surface area contributed by atoms with Crippen LogP contribution >= 0.6 is 0 Å². The van der Waals surface area contributed by atoms with Gasteiger partial charge in [-0.05, 0) is 61.4 Å². The van der Waals surface area contributed by atoms with Gasteiger partial charge in [0.1, 0.15) is 11.4 Å². The van der Waals surface area contributed by atoms with Crippen LogP contribution in [0.1, 0.15) is 35.3 Å². The van der Waals surface area contributed by atoms with Crippen LogP contribution in [0.15, 0.2) is 48.7 Å². The average Bonchev–Trinajstić information content (AvgIpc) is 2.67. The molecule has 3 rings (SSSR count). The standard InChI is InChI=1S/C20H24N2O2/c1-24-18-8-4-6-16(14-18)10-11-17-7-5-13-22(15-17)20(23)19-9-2-3-12-21-19/h2-4,6,8-9,12,14,17H,5,7,10-11,13,15H2,1H3. The fraction of sp³-hybridized carbons (Fsp3) is 0.400. The van der Waals surface area contributed by atoms with E-state index in [-0.39, 0.29) is 5.91 Å². The first-order valence-electron chi connectivity index (χ1n) is 8.59. The fourth-order valence-corrected chi connectivity index (χ4v) is 3.34. The summed E-state index contributed by atoms with van der Waals surface area (Å²) in [4.78, 5) is 18.7. The van der Waals surface area contributed by atoms with Crippen LogP contribution in [0.2, 0.25) is 0 Å². The molecule has 0 saturated carbocycles. The van der Waals surface area contributed by atoms with Crippen molar-refractivity contribution in [3.8, 4) is 5.75 Å². The molecule has 0 N–H and O–H groups in total. The molecular formula is C20H24N2O2. The Morgan fingerprint density at radius 3 is 3.00 bits per heavy atom. The Hall–Kier alpha value is -2.36. The molecule has 2 aromatic rings. The van der Waals surface area contributed by atoms with E-state index in [9.17, 15) is 4.79 Å². The number of aryl methyl sites for hydroxylation is 1. The Morgan fingerprint density at radius 1 is 1.29 bits per heavy atom. The molecule has 0 aliphatic carbocycles. The summed E-state index contributed by atoms with van der Waals surface area (Å²) in [5.74, 6) is 1.52. The van der Waals surface area contributed by atoms with Crippen LogP contribution in [0.25, 0.3) is 0 Å². The van der Waals surface area contributed by atoms with Gasteiger partial charge in [-0.1, -0.05) is 18.2 Å². The molecule has 1 unspecified atom stereocenters. The third kappa shape index (κ3) is 4.13. The molecule has 4 nitrogen and oxygen atoms in total. The molecule has 1 atom stereocenters. The van der Waals surface area contributed by atoms with Crippen molar-refractivity contribution in [2.45, 2.75) is 25.7 Å². The molecule has 0 radical (unpaired) electrons. The summed E-state index contributed by atoms with van der Waals surface area (Å²) < 4.78 is 5.28. The van der Waals surface area contributed by atoms with Crippen LogP contribution in [0, 0.1) is 5.92 Å². The summed E-state index contributed by atoms with van der Waals surface area (Å²) in [5, 5.41) is 0. The highest BCUT2D eigenvalue weighted by molar-refractivity contribution is 5.92. The number of benzene rings is 1. The minimum Gasteiger partial charge on any atom is -0.497 e. The van der Waals surface area contributed by atoms with E-state index < -0.39 is 0 Å². The Morgan fingerprint density at radius 2 is 2.21 bits per heavy atom. The number of nitrogens with zero attached hydrogens (tertiary/aromatic N) is 2. The number of piperidine rings is 1. The van der Waals surface area contributed by atoms with E-state index in [1.54, 1.807) is 19.4 Å². The number of carbonyl (C=O) groups excluding carboxylic acids is 1. The van der Waals surface area contributed by atoms with E-state index >= 15 is 0 Å². The molecule has 1 fully saturated rings. The number of rotatable bonds is 5. The predicted octanol–water partition coefficient (Wildman–Crippen LogP) is 3.58. The highest BCUT2D eigenvalue weighted by Crippen LogP contribution is 2.23. The zero-order chi connectivity index (χ0) is 16.8. The van der Waals surface area contributed by atoms with Crippen molar-refractivity contribution < 1.29 is 9.53 Å². The number of aromatic nitrogens is 1. The number of pyridine rings is 1. The van der Waals surface area contributed by atoms with Gasteiger partial charge in [-0.3, -0.25) is 9.78 Å². The van der Waals surface area contributed by atoms with Crippen molar-refractivity contribution in [3.63, 3.8) is 0 Å². The van der Waals surface area contributed by atoms with Gasteiger partial charge in [0.15, 0.2) is 0 Å². The number of ether oxygens (including phenoxy) is 1. The first kappa shape index (κ1) is 16.5. The lowest BCUT2D eigenvalue weighted by Gasteiger charge is -2.32. The first-order chi connectivity index (χ1) is 11.8. The van der Waals surface area contributed by atoms with Crippen molar-refractivity contribution in [1.29, 1.82) is 0 Å². The van der Waals surface area contributed by atoms with Crippen LogP contribution < -0.4 is 4.74 Å². The van der Waals surface area contributed by atoms with Crippen LogP contribution in [0.4, 0.5) is 0 Å². The molecule has 0 bridgehead atoms. The molecule has 1 aromatic heterocycles. The number of hydrogen-bond acceptors (Lipinski definition) is 3. The number of likely N-dealkylation sites (tertiary alicyclic amines) is 1. The minimum atomic E-state index is 0.0571. The SMILES string of the molecule is COc1cccc(CCC2CCCN(C(=O)c3ccccn3)C2)c1. The fourth-order valence-electron chi connectivity index (χ4n) is 3.34. The molecule has 24 heavy (non-hydrogen) atoms. The van der Waals surface area contributed by atoms with Crippen molar-refractivity contribution in [1.82, 2.24) is 9.88 Å². The van der Waals surface area contributed by atoms with Crippen LogP contribution in [0.5, 0.6) is 5.75 Å². The summed E-state index contributed by atoms with van der Waals surface area (Å²) in [5.41, 5.74) is 1.84. The second-order valence-corrected chi connectivity index (χ2v) is 6.36. The monoisotopic (exact) mass is 324 g/mol. The molecule has 0 spiro atoms. The predicted molar refractivity (Wildman–Crippen MR) is 94.2 cm³/mol. The average molecular weight is 324 g/mol. The summed E-state index contributed by atoms with van der Waals surface area (Å²) in [7, 11) is 1.70. The van der Waals surface area contributed by atoms with Crippen molar-refractivity contribution in [3.05, 3.63) is 59.9 Å². The van der Waals surface area contributed by atoms with Crippen LogP contribution in [-0.2, 0) is 6.42 Å². The Labute approximate surface area is 143 Å². The van der Waals surface area contributed by atoms with E-state index in [4.69, 9.17) is 4.74 Å². The van der Waals surface area contributed by atoms with E-state index in [0.717, 1.165) is 38.1 Å². The van der Waals surface area contributed by atoms with Gasteiger partial charge in [0.05, 0.1) is 7.11 Å². The lowest BCUT2D eigenvalue weighted by atomic mass is 9.91. The highest BCUT2D eigenvalue weighted by atomic mass is 16.5. The molecule has 2 heterocycles. The van der Waals surface area contributed by atoms with Crippen molar-refractivity contribution in [2.24, 2.45) is 5.92 Å². The highest BCUT2D eigenvalue weighted by Gasteiger charge is 2.24. The molecule has 1 aliphatic heterocycles.